The number of tetrazole rings is 1. The average molecular weight is 222 g/mol. The predicted octanol–water partition coefficient (Wildman–Crippen LogP) is 0.0922. The zero-order valence-electron chi connectivity index (χ0n) is 9.04. The van der Waals surface area contributed by atoms with Crippen LogP contribution in [-0.2, 0) is 0 Å². The lowest BCUT2D eigenvalue weighted by molar-refractivity contribution is 0.183. The number of nitrogens with one attached hydrogen (secondary N) is 1. The Balaban J connectivity index is 1.89. The first kappa shape index (κ1) is 10.7. The van der Waals surface area contributed by atoms with E-state index in [9.17, 15) is 0 Å². The summed E-state index contributed by atoms with van der Waals surface area (Å²) in [6.07, 6.45) is 1.42. The van der Waals surface area contributed by atoms with Gasteiger partial charge in [0.1, 0.15) is 5.82 Å². The van der Waals surface area contributed by atoms with Crippen LogP contribution in [0.15, 0.2) is 12.1 Å². The minimum atomic E-state index is -0.253. The number of fused-ring (bicyclic) bond motifs is 1. The summed E-state index contributed by atoms with van der Waals surface area (Å²) in [6, 6.07) is 3.62. The van der Waals surface area contributed by atoms with Crippen LogP contribution in [0.2, 0.25) is 0 Å². The fourth-order valence-electron chi connectivity index (χ4n) is 1.36. The van der Waals surface area contributed by atoms with Gasteiger partial charge in [0, 0.05) is 6.54 Å². The van der Waals surface area contributed by atoms with Crippen LogP contribution >= 0.6 is 0 Å². The molecule has 2 N–H and O–H groups in total. The molecule has 2 aromatic heterocycles. The molecule has 16 heavy (non-hydrogen) atoms. The molecule has 0 saturated heterocycles. The molecule has 0 fully saturated rings. The highest BCUT2D eigenvalue weighted by Gasteiger charge is 2.00. The molecular weight excluding hydrogens is 208 g/mol. The molecule has 86 valence electrons. The molecule has 0 spiro atoms. The van der Waals surface area contributed by atoms with E-state index >= 15 is 0 Å². The molecule has 0 saturated carbocycles. The third-order valence-corrected chi connectivity index (χ3v) is 2.17. The Morgan fingerprint density at radius 1 is 1.50 bits per heavy atom. The Morgan fingerprint density at radius 3 is 3.19 bits per heavy atom. The van der Waals surface area contributed by atoms with Gasteiger partial charge in [0.05, 0.1) is 6.10 Å². The van der Waals surface area contributed by atoms with Gasteiger partial charge in [0.2, 0.25) is 0 Å². The van der Waals surface area contributed by atoms with Crippen LogP contribution in [-0.4, -0.2) is 43.0 Å². The number of hydrogen-bond acceptors (Lipinski definition) is 6. The summed E-state index contributed by atoms with van der Waals surface area (Å²) in [5, 5.41) is 27.4. The van der Waals surface area contributed by atoms with Crippen LogP contribution in [0.5, 0.6) is 0 Å². The number of aliphatic hydroxyl groups excluding tert-OH is 1. The quantitative estimate of drug-likeness (QED) is 0.697. The van der Waals surface area contributed by atoms with E-state index in [0.29, 0.717) is 5.65 Å². The maximum absolute atomic E-state index is 9.09. The first-order chi connectivity index (χ1) is 7.75. The molecule has 0 aliphatic rings. The SMILES string of the molecule is CC(O)CCCNc1ccc2nnnn2n1. The van der Waals surface area contributed by atoms with E-state index in [1.165, 1.54) is 4.63 Å². The molecule has 0 bridgehead atoms. The second kappa shape index (κ2) is 4.84. The van der Waals surface area contributed by atoms with E-state index in [0.717, 1.165) is 25.2 Å². The van der Waals surface area contributed by atoms with Crippen molar-refractivity contribution in [1.29, 1.82) is 0 Å². The fourth-order valence-corrected chi connectivity index (χ4v) is 1.36. The van der Waals surface area contributed by atoms with Crippen molar-refractivity contribution < 1.29 is 5.11 Å². The number of nitrogens with zero attached hydrogens (tertiary/aromatic N) is 5. The highest BCUT2D eigenvalue weighted by Crippen LogP contribution is 2.04. The van der Waals surface area contributed by atoms with Gasteiger partial charge in [-0.2, -0.15) is 0 Å². The summed E-state index contributed by atoms with van der Waals surface area (Å²) in [5.41, 5.74) is 0.620. The maximum Gasteiger partial charge on any atom is 0.200 e. The first-order valence-corrected chi connectivity index (χ1v) is 5.23. The van der Waals surface area contributed by atoms with Crippen molar-refractivity contribution in [3.05, 3.63) is 12.1 Å². The number of rotatable bonds is 5. The molecule has 0 aliphatic heterocycles. The molecule has 0 aromatic carbocycles. The predicted molar refractivity (Wildman–Crippen MR) is 58.0 cm³/mol. The van der Waals surface area contributed by atoms with Crippen LogP contribution in [0.3, 0.4) is 0 Å². The van der Waals surface area contributed by atoms with Gasteiger partial charge in [-0.25, -0.2) is 0 Å². The molecular formula is C9H14N6O. The average Bonchev–Trinajstić information content (AvgIpc) is 2.71. The van der Waals surface area contributed by atoms with Gasteiger partial charge in [0.25, 0.3) is 0 Å². The van der Waals surface area contributed by atoms with Gasteiger partial charge in [0.15, 0.2) is 5.65 Å². The van der Waals surface area contributed by atoms with Gasteiger partial charge in [-0.05, 0) is 42.3 Å². The summed E-state index contributed by atoms with van der Waals surface area (Å²) < 4.78 is 1.37. The van der Waals surface area contributed by atoms with Crippen LogP contribution < -0.4 is 5.32 Å². The second-order valence-electron chi connectivity index (χ2n) is 3.66. The molecule has 2 rings (SSSR count). The van der Waals surface area contributed by atoms with Crippen LogP contribution in [0.1, 0.15) is 19.8 Å². The number of aliphatic hydroxyl groups is 1. The van der Waals surface area contributed by atoms with Gasteiger partial charge >= 0.3 is 0 Å². The van der Waals surface area contributed by atoms with Gasteiger partial charge < -0.3 is 10.4 Å². The number of aromatic nitrogens is 5. The lowest BCUT2D eigenvalue weighted by Gasteiger charge is -2.06. The monoisotopic (exact) mass is 222 g/mol. The largest absolute Gasteiger partial charge is 0.393 e. The Hall–Kier alpha value is -1.76. The van der Waals surface area contributed by atoms with Crippen LogP contribution in [0.25, 0.3) is 5.65 Å². The zero-order chi connectivity index (χ0) is 11.4. The topological polar surface area (TPSA) is 88.2 Å². The highest BCUT2D eigenvalue weighted by molar-refractivity contribution is 5.41. The van der Waals surface area contributed by atoms with E-state index in [1.54, 1.807) is 13.0 Å². The molecule has 7 heteroatoms. The molecule has 7 nitrogen and oxygen atoms in total. The molecule has 1 atom stereocenters. The lowest BCUT2D eigenvalue weighted by atomic mass is 10.2. The summed E-state index contributed by atoms with van der Waals surface area (Å²) in [5.74, 6) is 0.727. The Labute approximate surface area is 92.5 Å². The van der Waals surface area contributed by atoms with E-state index in [4.69, 9.17) is 5.11 Å². The van der Waals surface area contributed by atoms with Crippen molar-refractivity contribution in [3.8, 4) is 0 Å². The fraction of sp³-hybridized carbons (Fsp3) is 0.556. The van der Waals surface area contributed by atoms with E-state index < -0.39 is 0 Å². The second-order valence-corrected chi connectivity index (χ2v) is 3.66. The standard InChI is InChI=1S/C9H14N6O/c1-7(16)3-2-6-10-8-4-5-9-11-13-14-15(9)12-8/h4-5,7,16H,2-3,6H2,1H3,(H,10,12). The molecule has 1 unspecified atom stereocenters. The normalized spacial score (nSPS) is 12.9. The summed E-state index contributed by atoms with van der Waals surface area (Å²) in [4.78, 5) is 0. The summed E-state index contributed by atoms with van der Waals surface area (Å²) in [7, 11) is 0. The van der Waals surface area contributed by atoms with Crippen LogP contribution in [0, 0.1) is 0 Å². The third-order valence-electron chi connectivity index (χ3n) is 2.17. The summed E-state index contributed by atoms with van der Waals surface area (Å²) in [6.45, 7) is 2.55. The summed E-state index contributed by atoms with van der Waals surface area (Å²) >= 11 is 0. The third kappa shape index (κ3) is 2.63. The van der Waals surface area contributed by atoms with Crippen molar-refractivity contribution >= 4 is 11.5 Å². The van der Waals surface area contributed by atoms with Crippen molar-refractivity contribution in [1.82, 2.24) is 25.3 Å². The molecule has 0 aliphatic carbocycles. The van der Waals surface area contributed by atoms with E-state index in [-0.39, 0.29) is 6.10 Å². The molecule has 2 heterocycles. The van der Waals surface area contributed by atoms with E-state index in [1.807, 2.05) is 6.07 Å². The maximum atomic E-state index is 9.09. The lowest BCUT2D eigenvalue weighted by Crippen LogP contribution is -2.08. The van der Waals surface area contributed by atoms with Gasteiger partial charge in [-0.15, -0.1) is 14.8 Å². The van der Waals surface area contributed by atoms with Gasteiger partial charge in [-0.1, -0.05) is 0 Å². The molecule has 0 amide bonds. The highest BCUT2D eigenvalue weighted by atomic mass is 16.3. The first-order valence-electron chi connectivity index (χ1n) is 5.23. The smallest absolute Gasteiger partial charge is 0.200 e. The van der Waals surface area contributed by atoms with Crippen molar-refractivity contribution in [2.24, 2.45) is 0 Å². The molecule has 0 radical (unpaired) electrons. The Bertz CT molecular complexity index is 454. The van der Waals surface area contributed by atoms with Gasteiger partial charge in [-0.3, -0.25) is 0 Å². The number of hydrogen-bond donors (Lipinski definition) is 2. The zero-order valence-corrected chi connectivity index (χ0v) is 9.04. The Morgan fingerprint density at radius 2 is 2.38 bits per heavy atom. The van der Waals surface area contributed by atoms with Crippen molar-refractivity contribution in [3.63, 3.8) is 0 Å². The minimum absolute atomic E-state index is 0.253. The molecule has 2 aromatic rings. The van der Waals surface area contributed by atoms with Crippen molar-refractivity contribution in [2.75, 3.05) is 11.9 Å². The van der Waals surface area contributed by atoms with Crippen molar-refractivity contribution in [2.45, 2.75) is 25.9 Å². The Kier molecular flexibility index (Phi) is 3.25. The number of anilines is 1. The minimum Gasteiger partial charge on any atom is -0.393 e. The van der Waals surface area contributed by atoms with Crippen LogP contribution in [0.4, 0.5) is 5.82 Å². The van der Waals surface area contributed by atoms with E-state index in [2.05, 4.69) is 25.9 Å².